The summed E-state index contributed by atoms with van der Waals surface area (Å²) in [6.07, 6.45) is 0.0723. The quantitative estimate of drug-likeness (QED) is 0.730. The van der Waals surface area contributed by atoms with Crippen molar-refractivity contribution in [3.8, 4) is 0 Å². The van der Waals surface area contributed by atoms with Gasteiger partial charge in [-0.05, 0) is 11.0 Å². The van der Waals surface area contributed by atoms with Crippen LogP contribution in [0.2, 0.25) is 0 Å². The van der Waals surface area contributed by atoms with Crippen molar-refractivity contribution in [1.29, 1.82) is 0 Å². The average Bonchev–Trinajstić information content (AvgIpc) is 2.27. The highest BCUT2D eigenvalue weighted by molar-refractivity contribution is 6.67. The van der Waals surface area contributed by atoms with Crippen LogP contribution in [0.5, 0.6) is 0 Å². The molecule has 2 nitrogen and oxygen atoms in total. The summed E-state index contributed by atoms with van der Waals surface area (Å²) in [5, 5.41) is 8.95. The lowest BCUT2D eigenvalue weighted by Crippen LogP contribution is -2.38. The third-order valence-corrected chi connectivity index (χ3v) is 4.52. The minimum atomic E-state index is -1.51. The average molecular weight is 358 g/mol. The number of aliphatic carboxylic acids is 1. The number of benzene rings is 1. The second-order valence-electron chi connectivity index (χ2n) is 5.29. The lowest BCUT2D eigenvalue weighted by molar-refractivity contribution is -0.141. The van der Waals surface area contributed by atoms with Crippen molar-refractivity contribution in [2.75, 3.05) is 0 Å². The third kappa shape index (κ3) is 4.70. The number of hydrogen-bond donors (Lipinski definition) is 1. The number of hydrogen-bond acceptors (Lipinski definition) is 1. The largest absolute Gasteiger partial charge is 0.481 e. The van der Waals surface area contributed by atoms with Gasteiger partial charge in [-0.1, -0.05) is 79.0 Å². The molecule has 1 aromatic rings. The van der Waals surface area contributed by atoms with Gasteiger partial charge in [0.25, 0.3) is 0 Å². The normalized spacial score (nSPS) is 15.7. The highest BCUT2D eigenvalue weighted by Crippen LogP contribution is 2.46. The fourth-order valence-electron chi connectivity index (χ4n) is 2.18. The van der Waals surface area contributed by atoms with Gasteiger partial charge in [-0.3, -0.25) is 4.79 Å². The number of alkyl halides is 4. The zero-order valence-electron chi connectivity index (χ0n) is 11.1. The Morgan fingerprint density at radius 2 is 1.70 bits per heavy atom. The topological polar surface area (TPSA) is 37.3 Å². The standard InChI is InChI=1S/C14H16Cl4O2/c1-13(2,10(15)8-14(16,17)18)11(12(19)20)9-6-4-3-5-7-9/h3-7,10-11H,8H2,1-2H3,(H,19,20). The monoisotopic (exact) mass is 356 g/mol. The zero-order chi connectivity index (χ0) is 15.6. The minimum absolute atomic E-state index is 0.0723. The number of carboxylic acids is 1. The Kier molecular flexibility index (Phi) is 6.03. The van der Waals surface area contributed by atoms with Crippen LogP contribution >= 0.6 is 46.4 Å². The molecular formula is C14H16Cl4O2. The molecule has 1 N–H and O–H groups in total. The van der Waals surface area contributed by atoms with Crippen LogP contribution in [0, 0.1) is 5.41 Å². The van der Waals surface area contributed by atoms with Gasteiger partial charge in [-0.15, -0.1) is 11.6 Å². The first kappa shape index (κ1) is 17.9. The van der Waals surface area contributed by atoms with Gasteiger partial charge in [0, 0.05) is 11.8 Å². The molecule has 1 rings (SSSR count). The van der Waals surface area contributed by atoms with Gasteiger partial charge in [0.2, 0.25) is 0 Å². The van der Waals surface area contributed by atoms with E-state index in [1.54, 1.807) is 38.1 Å². The van der Waals surface area contributed by atoms with Crippen LogP contribution in [-0.2, 0) is 4.79 Å². The molecule has 0 aliphatic rings. The summed E-state index contributed by atoms with van der Waals surface area (Å²) in [5.74, 6) is -1.73. The molecule has 0 aliphatic heterocycles. The molecule has 0 aromatic heterocycles. The zero-order valence-corrected chi connectivity index (χ0v) is 14.1. The van der Waals surface area contributed by atoms with Crippen molar-refractivity contribution in [3.63, 3.8) is 0 Å². The molecule has 6 heteroatoms. The maximum Gasteiger partial charge on any atom is 0.311 e. The molecule has 0 radical (unpaired) electrons. The molecule has 112 valence electrons. The summed E-state index contributed by atoms with van der Waals surface area (Å²) >= 11 is 23.6. The summed E-state index contributed by atoms with van der Waals surface area (Å²) < 4.78 is -1.51. The van der Waals surface area contributed by atoms with E-state index in [4.69, 9.17) is 46.4 Å². The van der Waals surface area contributed by atoms with Crippen LogP contribution in [0.1, 0.15) is 31.7 Å². The summed E-state index contributed by atoms with van der Waals surface area (Å²) in [5.41, 5.74) is -0.0986. The second kappa shape index (κ2) is 6.74. The first-order valence-electron chi connectivity index (χ1n) is 6.04. The molecule has 20 heavy (non-hydrogen) atoms. The van der Waals surface area contributed by atoms with Gasteiger partial charge in [-0.25, -0.2) is 0 Å². The molecule has 0 bridgehead atoms. The Bertz CT molecular complexity index is 454. The fraction of sp³-hybridized carbons (Fsp3) is 0.500. The van der Waals surface area contributed by atoms with Crippen LogP contribution in [-0.4, -0.2) is 20.2 Å². The van der Waals surface area contributed by atoms with E-state index in [2.05, 4.69) is 0 Å². The van der Waals surface area contributed by atoms with Gasteiger partial charge < -0.3 is 5.11 Å². The van der Waals surface area contributed by atoms with E-state index in [0.29, 0.717) is 5.56 Å². The van der Waals surface area contributed by atoms with E-state index in [9.17, 15) is 9.90 Å². The lowest BCUT2D eigenvalue weighted by Gasteiger charge is -2.37. The molecule has 1 aromatic carbocycles. The Morgan fingerprint density at radius 3 is 2.10 bits per heavy atom. The lowest BCUT2D eigenvalue weighted by atomic mass is 9.72. The number of halogens is 4. The molecule has 2 unspecified atom stereocenters. The van der Waals surface area contributed by atoms with Crippen molar-refractivity contribution >= 4 is 52.4 Å². The summed E-state index contributed by atoms with van der Waals surface area (Å²) in [6.45, 7) is 3.54. The van der Waals surface area contributed by atoms with E-state index < -0.39 is 26.5 Å². The number of carbonyl (C=O) groups is 1. The molecule has 2 atom stereocenters. The fourth-order valence-corrected chi connectivity index (χ4v) is 3.24. The molecule has 0 amide bonds. The summed E-state index contributed by atoms with van der Waals surface area (Å²) in [6, 6.07) is 8.94. The first-order valence-corrected chi connectivity index (χ1v) is 7.61. The second-order valence-corrected chi connectivity index (χ2v) is 8.33. The van der Waals surface area contributed by atoms with Crippen LogP contribution in [0.15, 0.2) is 30.3 Å². The highest BCUT2D eigenvalue weighted by atomic mass is 35.6. The Labute approximate surface area is 139 Å². The molecule has 0 heterocycles. The Hall–Kier alpha value is -0.150. The van der Waals surface area contributed by atoms with E-state index in [0.717, 1.165) is 0 Å². The van der Waals surface area contributed by atoms with E-state index in [1.165, 1.54) is 0 Å². The van der Waals surface area contributed by atoms with Crippen LogP contribution in [0.3, 0.4) is 0 Å². The summed E-state index contributed by atoms with van der Waals surface area (Å²) in [7, 11) is 0. The van der Waals surface area contributed by atoms with Crippen molar-refractivity contribution in [3.05, 3.63) is 35.9 Å². The molecule has 0 fully saturated rings. The predicted molar refractivity (Wildman–Crippen MR) is 85.1 cm³/mol. The van der Waals surface area contributed by atoms with Gasteiger partial charge in [0.05, 0.1) is 5.92 Å². The van der Waals surface area contributed by atoms with Crippen LogP contribution in [0.4, 0.5) is 0 Å². The highest BCUT2D eigenvalue weighted by Gasteiger charge is 2.44. The van der Waals surface area contributed by atoms with Crippen molar-refractivity contribution in [2.24, 2.45) is 5.41 Å². The maximum atomic E-state index is 11.7. The van der Waals surface area contributed by atoms with Gasteiger partial charge >= 0.3 is 5.97 Å². The van der Waals surface area contributed by atoms with Gasteiger partial charge in [-0.2, -0.15) is 0 Å². The molecular weight excluding hydrogens is 342 g/mol. The first-order chi connectivity index (χ1) is 9.05. The van der Waals surface area contributed by atoms with Gasteiger partial charge in [0.1, 0.15) is 0 Å². The molecule has 0 saturated heterocycles. The van der Waals surface area contributed by atoms with E-state index >= 15 is 0 Å². The molecule has 0 saturated carbocycles. The van der Waals surface area contributed by atoms with Crippen molar-refractivity contribution in [1.82, 2.24) is 0 Å². The predicted octanol–water partition coefficient (Wildman–Crippen LogP) is 5.25. The number of carboxylic acid groups (broad SMARTS) is 1. The Balaban J connectivity index is 3.10. The van der Waals surface area contributed by atoms with E-state index in [1.807, 2.05) is 6.07 Å². The van der Waals surface area contributed by atoms with Gasteiger partial charge in [0.15, 0.2) is 3.79 Å². The Morgan fingerprint density at radius 1 is 1.20 bits per heavy atom. The molecule has 0 spiro atoms. The van der Waals surface area contributed by atoms with E-state index in [-0.39, 0.29) is 6.42 Å². The SMILES string of the molecule is CC(C)(C(Cl)CC(Cl)(Cl)Cl)C(C(=O)O)c1ccccc1. The van der Waals surface area contributed by atoms with Crippen LogP contribution in [0.25, 0.3) is 0 Å². The smallest absolute Gasteiger partial charge is 0.311 e. The minimum Gasteiger partial charge on any atom is -0.481 e. The summed E-state index contributed by atoms with van der Waals surface area (Å²) in [4.78, 5) is 11.7. The third-order valence-electron chi connectivity index (χ3n) is 3.34. The van der Waals surface area contributed by atoms with Crippen LogP contribution < -0.4 is 0 Å². The number of rotatable bonds is 5. The van der Waals surface area contributed by atoms with Crippen molar-refractivity contribution < 1.29 is 9.90 Å². The maximum absolute atomic E-state index is 11.7. The molecule has 0 aliphatic carbocycles. The van der Waals surface area contributed by atoms with Crippen molar-refractivity contribution in [2.45, 2.75) is 35.4 Å².